The van der Waals surface area contributed by atoms with Crippen LogP contribution in [0.25, 0.3) is 0 Å². The molecule has 1 saturated heterocycles. The van der Waals surface area contributed by atoms with Gasteiger partial charge in [0.25, 0.3) is 0 Å². The number of hydrogen-bond acceptors (Lipinski definition) is 5. The zero-order chi connectivity index (χ0) is 30.2. The second kappa shape index (κ2) is 14.0. The number of likely N-dealkylation sites (tertiary alicyclic amines) is 1. The lowest BCUT2D eigenvalue weighted by Crippen LogP contribution is -2.55. The second-order valence-corrected chi connectivity index (χ2v) is 10.9. The Labute approximate surface area is 249 Å². The summed E-state index contributed by atoms with van der Waals surface area (Å²) in [5.74, 6) is -1.04. The van der Waals surface area contributed by atoms with Crippen LogP contribution in [0.1, 0.15) is 42.4 Å². The van der Waals surface area contributed by atoms with Crippen molar-refractivity contribution in [2.75, 3.05) is 13.1 Å². The first-order valence-corrected chi connectivity index (χ1v) is 14.6. The van der Waals surface area contributed by atoms with E-state index >= 15 is 0 Å². The van der Waals surface area contributed by atoms with Crippen molar-refractivity contribution >= 4 is 23.6 Å². The predicted octanol–water partition coefficient (Wildman–Crippen LogP) is 3.41. The molecule has 3 N–H and O–H groups in total. The topological polar surface area (TPSA) is 117 Å². The minimum atomic E-state index is -1.17. The van der Waals surface area contributed by atoms with Gasteiger partial charge in [-0.25, -0.2) is 4.39 Å². The first-order chi connectivity index (χ1) is 20.8. The maximum atomic E-state index is 14.2. The molecule has 10 heteroatoms. The van der Waals surface area contributed by atoms with Crippen LogP contribution in [0.15, 0.2) is 72.8 Å². The summed E-state index contributed by atoms with van der Waals surface area (Å²) in [6.07, 6.45) is 2.16. The molecule has 0 spiro atoms. The van der Waals surface area contributed by atoms with E-state index in [4.69, 9.17) is 4.74 Å². The molecule has 0 aromatic heterocycles. The van der Waals surface area contributed by atoms with Gasteiger partial charge in [0.15, 0.2) is 0 Å². The number of carbonyl (C=O) groups excluding carboxylic acids is 4. The van der Waals surface area contributed by atoms with Gasteiger partial charge in [-0.15, -0.1) is 0 Å². The smallest absolute Gasteiger partial charge is 0.243 e. The van der Waals surface area contributed by atoms with Gasteiger partial charge in [-0.2, -0.15) is 0 Å². The molecule has 0 saturated carbocycles. The van der Waals surface area contributed by atoms with Gasteiger partial charge in [0.05, 0.1) is 6.42 Å². The Morgan fingerprint density at radius 1 is 0.884 bits per heavy atom. The Balaban J connectivity index is 1.41. The fourth-order valence-electron chi connectivity index (χ4n) is 5.26. The number of carbonyl (C=O) groups is 4. The zero-order valence-electron chi connectivity index (χ0n) is 23.8. The monoisotopic (exact) mass is 586 g/mol. The average Bonchev–Trinajstić information content (AvgIpc) is 3.55. The number of aryl methyl sites for hydroxylation is 1. The third-order valence-electron chi connectivity index (χ3n) is 7.67. The van der Waals surface area contributed by atoms with Gasteiger partial charge in [0.2, 0.25) is 23.6 Å². The third-order valence-corrected chi connectivity index (χ3v) is 7.67. The van der Waals surface area contributed by atoms with Gasteiger partial charge in [0, 0.05) is 38.0 Å². The van der Waals surface area contributed by atoms with Crippen LogP contribution < -0.4 is 20.7 Å². The fraction of sp³-hybridized carbons (Fsp3) is 0.333. The summed E-state index contributed by atoms with van der Waals surface area (Å²) in [6, 6.07) is 18.5. The van der Waals surface area contributed by atoms with E-state index in [0.717, 1.165) is 24.0 Å². The number of benzene rings is 3. The molecule has 224 valence electrons. The summed E-state index contributed by atoms with van der Waals surface area (Å²) in [7, 11) is 0. The van der Waals surface area contributed by atoms with Crippen LogP contribution in [0.2, 0.25) is 0 Å². The number of halogens is 1. The Bertz CT molecular complexity index is 1470. The van der Waals surface area contributed by atoms with Crippen LogP contribution in [-0.2, 0) is 38.6 Å². The highest BCUT2D eigenvalue weighted by Crippen LogP contribution is 2.24. The van der Waals surface area contributed by atoms with Crippen molar-refractivity contribution in [2.45, 2.75) is 57.2 Å². The first kappa shape index (κ1) is 29.8. The molecule has 2 atom stereocenters. The Morgan fingerprint density at radius 3 is 2.42 bits per heavy atom. The first-order valence-electron chi connectivity index (χ1n) is 14.6. The fourth-order valence-corrected chi connectivity index (χ4v) is 5.26. The van der Waals surface area contributed by atoms with Crippen molar-refractivity contribution in [3.63, 3.8) is 0 Å². The molecular weight excluding hydrogens is 551 g/mol. The zero-order valence-corrected chi connectivity index (χ0v) is 23.8. The summed E-state index contributed by atoms with van der Waals surface area (Å²) in [6.45, 7) is 1.14. The van der Waals surface area contributed by atoms with E-state index in [9.17, 15) is 23.6 Å². The molecule has 0 radical (unpaired) electrons. The van der Waals surface area contributed by atoms with Crippen molar-refractivity contribution in [2.24, 2.45) is 0 Å². The number of hydrogen-bond donors (Lipinski definition) is 3. The van der Waals surface area contributed by atoms with Gasteiger partial charge in [-0.05, 0) is 60.7 Å². The summed E-state index contributed by atoms with van der Waals surface area (Å²) >= 11 is 0. The molecule has 0 unspecified atom stereocenters. The summed E-state index contributed by atoms with van der Waals surface area (Å²) in [5.41, 5.74) is 1.93. The van der Waals surface area contributed by atoms with E-state index in [1.165, 1.54) is 6.07 Å². The molecule has 6 rings (SSSR count). The third kappa shape index (κ3) is 8.18. The molecule has 3 heterocycles. The minimum absolute atomic E-state index is 0.0727. The van der Waals surface area contributed by atoms with Gasteiger partial charge in [0.1, 0.15) is 29.4 Å². The standard InChI is InChI=1S/C33H35FN4O5/c34-27-9-2-1-7-24(27)21-35-32(41)28-19-23-10-13-25(14-11-23)43-26-8-5-6-22(18-26)12-15-30(39)36-29(33(42)37-28)20-31(40)38-16-3-4-17-38/h1-2,5-11,13-14,18,28-29H,3-4,12,15-17,19-21H2,(H,35,41)(H,36,39)(H,37,42)/t28-,29-/m0/s1. The number of fused-ring (bicyclic) bond motifs is 10. The van der Waals surface area contributed by atoms with E-state index in [0.29, 0.717) is 36.6 Å². The Kier molecular flexibility index (Phi) is 9.66. The lowest BCUT2D eigenvalue weighted by molar-refractivity contribution is -0.136. The quantitative estimate of drug-likeness (QED) is 0.424. The van der Waals surface area contributed by atoms with Crippen molar-refractivity contribution in [3.05, 3.63) is 95.3 Å². The van der Waals surface area contributed by atoms with Crippen LogP contribution >= 0.6 is 0 Å². The Morgan fingerprint density at radius 2 is 1.65 bits per heavy atom. The number of rotatable bonds is 5. The summed E-state index contributed by atoms with van der Waals surface area (Å²) < 4.78 is 20.2. The summed E-state index contributed by atoms with van der Waals surface area (Å²) in [5, 5.41) is 8.20. The maximum absolute atomic E-state index is 14.2. The van der Waals surface area contributed by atoms with E-state index < -0.39 is 35.6 Å². The molecule has 4 bridgehead atoms. The maximum Gasteiger partial charge on any atom is 0.243 e. The van der Waals surface area contributed by atoms with Gasteiger partial charge >= 0.3 is 0 Å². The number of amides is 4. The van der Waals surface area contributed by atoms with E-state index in [-0.39, 0.29) is 31.7 Å². The van der Waals surface area contributed by atoms with Crippen LogP contribution in [0.5, 0.6) is 11.5 Å². The molecule has 4 amide bonds. The van der Waals surface area contributed by atoms with Crippen molar-refractivity contribution in [3.8, 4) is 11.5 Å². The minimum Gasteiger partial charge on any atom is -0.457 e. The largest absolute Gasteiger partial charge is 0.457 e. The highest BCUT2D eigenvalue weighted by molar-refractivity contribution is 5.95. The van der Waals surface area contributed by atoms with Gasteiger partial charge in [-0.3, -0.25) is 19.2 Å². The molecule has 0 aliphatic carbocycles. The average molecular weight is 587 g/mol. The molecule has 3 aliphatic heterocycles. The van der Waals surface area contributed by atoms with Crippen LogP contribution in [-0.4, -0.2) is 53.7 Å². The molecule has 1 fully saturated rings. The highest BCUT2D eigenvalue weighted by Gasteiger charge is 2.31. The van der Waals surface area contributed by atoms with Crippen molar-refractivity contribution < 1.29 is 28.3 Å². The SMILES string of the molecule is O=C1CCc2cccc(c2)Oc2ccc(cc2)C[C@@H](C(=O)NCc2ccccc2F)NC(=O)[C@H](CC(=O)N2CCCC2)N1. The van der Waals surface area contributed by atoms with Crippen LogP contribution in [0.3, 0.4) is 0 Å². The van der Waals surface area contributed by atoms with Gasteiger partial charge in [-0.1, -0.05) is 42.5 Å². The highest BCUT2D eigenvalue weighted by atomic mass is 19.1. The van der Waals surface area contributed by atoms with E-state index in [1.54, 1.807) is 47.4 Å². The van der Waals surface area contributed by atoms with Gasteiger partial charge < -0.3 is 25.6 Å². The molecule has 43 heavy (non-hydrogen) atoms. The van der Waals surface area contributed by atoms with E-state index in [2.05, 4.69) is 16.0 Å². The molecule has 3 aliphatic rings. The van der Waals surface area contributed by atoms with Crippen molar-refractivity contribution in [1.82, 2.24) is 20.9 Å². The Hall–Kier alpha value is -4.73. The summed E-state index contributed by atoms with van der Waals surface area (Å²) in [4.78, 5) is 54.8. The second-order valence-electron chi connectivity index (χ2n) is 10.9. The molecule has 3 aromatic rings. The molecule has 9 nitrogen and oxygen atoms in total. The predicted molar refractivity (Wildman–Crippen MR) is 158 cm³/mol. The number of nitrogens with one attached hydrogen (secondary N) is 3. The van der Waals surface area contributed by atoms with Crippen LogP contribution in [0, 0.1) is 5.82 Å². The van der Waals surface area contributed by atoms with E-state index in [1.807, 2.05) is 24.3 Å². The lowest BCUT2D eigenvalue weighted by atomic mass is 10.0. The number of ether oxygens (including phenoxy) is 1. The normalized spacial score (nSPS) is 19.1. The number of nitrogens with zero attached hydrogens (tertiary/aromatic N) is 1. The molecule has 3 aromatic carbocycles. The van der Waals surface area contributed by atoms with Crippen molar-refractivity contribution in [1.29, 1.82) is 0 Å². The lowest BCUT2D eigenvalue weighted by Gasteiger charge is -2.25. The van der Waals surface area contributed by atoms with Crippen LogP contribution in [0.4, 0.5) is 4.39 Å². The molecular formula is C33H35FN4O5.